The Balaban J connectivity index is 2.02. The molecule has 0 saturated heterocycles. The molecule has 25 heavy (non-hydrogen) atoms. The first-order chi connectivity index (χ1) is 12.0. The third-order valence-electron chi connectivity index (χ3n) is 4.05. The van der Waals surface area contributed by atoms with Crippen LogP contribution in [-0.4, -0.2) is 29.8 Å². The number of hydrogen-bond acceptors (Lipinski definition) is 2. The van der Waals surface area contributed by atoms with Crippen LogP contribution < -0.4 is 4.90 Å². The number of halogens is 1. The summed E-state index contributed by atoms with van der Waals surface area (Å²) in [4.78, 5) is 27.6. The first-order valence-electron chi connectivity index (χ1n) is 8.37. The normalized spacial score (nSPS) is 10.4. The van der Waals surface area contributed by atoms with E-state index in [1.807, 2.05) is 37.3 Å². The quantitative estimate of drug-likeness (QED) is 0.771. The van der Waals surface area contributed by atoms with E-state index in [9.17, 15) is 14.0 Å². The maximum absolute atomic E-state index is 13.8. The van der Waals surface area contributed by atoms with Crippen LogP contribution in [0.25, 0.3) is 0 Å². The lowest BCUT2D eigenvalue weighted by Crippen LogP contribution is -2.36. The Labute approximate surface area is 147 Å². The zero-order chi connectivity index (χ0) is 18.2. The maximum atomic E-state index is 13.8. The van der Waals surface area contributed by atoms with Crippen LogP contribution in [0, 0.1) is 5.82 Å². The van der Waals surface area contributed by atoms with Gasteiger partial charge in [-0.2, -0.15) is 0 Å². The van der Waals surface area contributed by atoms with Crippen LogP contribution >= 0.6 is 0 Å². The van der Waals surface area contributed by atoms with Crippen LogP contribution in [0.2, 0.25) is 0 Å². The number of amides is 2. The molecule has 2 aromatic rings. The van der Waals surface area contributed by atoms with Gasteiger partial charge in [0.25, 0.3) is 0 Å². The van der Waals surface area contributed by atoms with Crippen molar-refractivity contribution in [1.82, 2.24) is 4.90 Å². The molecule has 0 heterocycles. The number of nitrogens with zero attached hydrogens (tertiary/aromatic N) is 2. The van der Waals surface area contributed by atoms with E-state index in [0.717, 1.165) is 5.69 Å². The molecule has 0 bridgehead atoms. The summed E-state index contributed by atoms with van der Waals surface area (Å²) in [5, 5.41) is 0. The van der Waals surface area contributed by atoms with E-state index >= 15 is 0 Å². The van der Waals surface area contributed by atoms with Gasteiger partial charge in [-0.25, -0.2) is 4.39 Å². The van der Waals surface area contributed by atoms with Crippen molar-refractivity contribution in [1.29, 1.82) is 0 Å². The van der Waals surface area contributed by atoms with Gasteiger partial charge in [0.1, 0.15) is 5.82 Å². The van der Waals surface area contributed by atoms with Gasteiger partial charge in [0.2, 0.25) is 11.8 Å². The Morgan fingerprint density at radius 3 is 2.24 bits per heavy atom. The molecular formula is C20H23FN2O2. The van der Waals surface area contributed by atoms with E-state index < -0.39 is 0 Å². The number of rotatable bonds is 7. The van der Waals surface area contributed by atoms with Crippen LogP contribution in [0.15, 0.2) is 54.6 Å². The second-order valence-corrected chi connectivity index (χ2v) is 5.76. The summed E-state index contributed by atoms with van der Waals surface area (Å²) in [7, 11) is 0. The molecule has 0 atom stereocenters. The van der Waals surface area contributed by atoms with Crippen molar-refractivity contribution in [3.8, 4) is 0 Å². The highest BCUT2D eigenvalue weighted by Gasteiger charge is 2.17. The van der Waals surface area contributed by atoms with E-state index in [2.05, 4.69) is 0 Å². The molecule has 0 spiro atoms. The predicted molar refractivity (Wildman–Crippen MR) is 96.6 cm³/mol. The zero-order valence-electron chi connectivity index (χ0n) is 14.6. The van der Waals surface area contributed by atoms with Crippen molar-refractivity contribution < 1.29 is 14.0 Å². The average Bonchev–Trinajstić information content (AvgIpc) is 2.61. The van der Waals surface area contributed by atoms with Crippen LogP contribution in [0.1, 0.15) is 25.8 Å². The van der Waals surface area contributed by atoms with Crippen molar-refractivity contribution in [2.75, 3.05) is 18.0 Å². The molecule has 5 heteroatoms. The molecule has 0 aromatic heterocycles. The molecule has 0 aliphatic rings. The molecule has 0 fully saturated rings. The summed E-state index contributed by atoms with van der Waals surface area (Å²) >= 11 is 0. The third-order valence-corrected chi connectivity index (χ3v) is 4.05. The Kier molecular flexibility index (Phi) is 6.69. The van der Waals surface area contributed by atoms with E-state index in [-0.39, 0.29) is 37.1 Å². The second-order valence-electron chi connectivity index (χ2n) is 5.76. The maximum Gasteiger partial charge on any atom is 0.228 e. The van der Waals surface area contributed by atoms with Crippen LogP contribution in [0.4, 0.5) is 10.1 Å². The lowest BCUT2D eigenvalue weighted by molar-refractivity contribution is -0.130. The van der Waals surface area contributed by atoms with E-state index in [0.29, 0.717) is 12.1 Å². The summed E-state index contributed by atoms with van der Waals surface area (Å²) in [6.45, 7) is 4.31. The minimum atomic E-state index is -0.348. The molecule has 4 nitrogen and oxygen atoms in total. The fourth-order valence-electron chi connectivity index (χ4n) is 2.66. The molecule has 2 aromatic carbocycles. The van der Waals surface area contributed by atoms with Crippen LogP contribution in [0.3, 0.4) is 0 Å². The number of hydrogen-bond donors (Lipinski definition) is 0. The standard InChI is InChI=1S/C20H23FN2O2/c1-3-23(18-10-5-4-6-11-18)20(25)13-14-22(16(2)24)15-17-9-7-8-12-19(17)21/h4-12H,3,13-15H2,1-2H3. The third kappa shape index (κ3) is 5.14. The SMILES string of the molecule is CCN(C(=O)CCN(Cc1ccccc1F)C(C)=O)c1ccccc1. The molecule has 0 radical (unpaired) electrons. The highest BCUT2D eigenvalue weighted by atomic mass is 19.1. The summed E-state index contributed by atoms with van der Waals surface area (Å²) in [6.07, 6.45) is 0.191. The molecule has 0 unspecified atom stereocenters. The largest absolute Gasteiger partial charge is 0.338 e. The van der Waals surface area contributed by atoms with Gasteiger partial charge in [0, 0.05) is 44.2 Å². The molecule has 132 valence electrons. The van der Waals surface area contributed by atoms with Crippen molar-refractivity contribution >= 4 is 17.5 Å². The first-order valence-corrected chi connectivity index (χ1v) is 8.37. The van der Waals surface area contributed by atoms with Crippen LogP contribution in [-0.2, 0) is 16.1 Å². The van der Waals surface area contributed by atoms with E-state index in [1.165, 1.54) is 17.9 Å². The van der Waals surface area contributed by atoms with Gasteiger partial charge in [-0.3, -0.25) is 9.59 Å². The highest BCUT2D eigenvalue weighted by molar-refractivity contribution is 5.93. The first kappa shape index (κ1) is 18.6. The fourth-order valence-corrected chi connectivity index (χ4v) is 2.66. The van der Waals surface area contributed by atoms with Gasteiger partial charge in [-0.1, -0.05) is 36.4 Å². The van der Waals surface area contributed by atoms with Gasteiger partial charge >= 0.3 is 0 Å². The molecule has 0 aliphatic heterocycles. The van der Waals surface area contributed by atoms with Gasteiger partial charge < -0.3 is 9.80 Å². The number of anilines is 1. The lowest BCUT2D eigenvalue weighted by atomic mass is 10.2. The van der Waals surface area contributed by atoms with Gasteiger partial charge in [0.15, 0.2) is 0 Å². The van der Waals surface area contributed by atoms with E-state index in [1.54, 1.807) is 23.1 Å². The van der Waals surface area contributed by atoms with Gasteiger partial charge in [0.05, 0.1) is 0 Å². The smallest absolute Gasteiger partial charge is 0.228 e. The molecule has 0 saturated carbocycles. The molecule has 0 aliphatic carbocycles. The minimum absolute atomic E-state index is 0.0616. The summed E-state index contributed by atoms with van der Waals surface area (Å²) in [5.74, 6) is -0.591. The Morgan fingerprint density at radius 2 is 1.64 bits per heavy atom. The van der Waals surface area contributed by atoms with E-state index in [4.69, 9.17) is 0 Å². The van der Waals surface area contributed by atoms with Gasteiger partial charge in [-0.15, -0.1) is 0 Å². The summed E-state index contributed by atoms with van der Waals surface area (Å²) in [5.41, 5.74) is 1.28. The van der Waals surface area contributed by atoms with Crippen molar-refractivity contribution in [2.45, 2.75) is 26.8 Å². The fraction of sp³-hybridized carbons (Fsp3) is 0.300. The minimum Gasteiger partial charge on any atom is -0.338 e. The molecule has 0 N–H and O–H groups in total. The average molecular weight is 342 g/mol. The zero-order valence-corrected chi connectivity index (χ0v) is 14.6. The van der Waals surface area contributed by atoms with Crippen molar-refractivity contribution in [2.24, 2.45) is 0 Å². The number of benzene rings is 2. The van der Waals surface area contributed by atoms with Crippen molar-refractivity contribution in [3.63, 3.8) is 0 Å². The highest BCUT2D eigenvalue weighted by Crippen LogP contribution is 2.15. The number of carbonyl (C=O) groups excluding carboxylic acids is 2. The Hall–Kier alpha value is -2.69. The lowest BCUT2D eigenvalue weighted by Gasteiger charge is -2.25. The van der Waals surface area contributed by atoms with Gasteiger partial charge in [-0.05, 0) is 25.1 Å². The molecule has 2 rings (SSSR count). The second kappa shape index (κ2) is 8.97. The number of para-hydroxylation sites is 1. The summed E-state index contributed by atoms with van der Waals surface area (Å²) < 4.78 is 13.8. The Morgan fingerprint density at radius 1 is 1.00 bits per heavy atom. The van der Waals surface area contributed by atoms with Crippen LogP contribution in [0.5, 0.6) is 0 Å². The molecular weight excluding hydrogens is 319 g/mol. The Bertz CT molecular complexity index is 719. The summed E-state index contributed by atoms with van der Waals surface area (Å²) in [6, 6.07) is 15.8. The monoisotopic (exact) mass is 342 g/mol. The molecule has 2 amide bonds. The topological polar surface area (TPSA) is 40.6 Å². The van der Waals surface area contributed by atoms with Crippen molar-refractivity contribution in [3.05, 3.63) is 66.0 Å². The predicted octanol–water partition coefficient (Wildman–Crippen LogP) is 3.62. The number of carbonyl (C=O) groups is 2.